The molecule has 2 atom stereocenters. The van der Waals surface area contributed by atoms with Crippen molar-refractivity contribution >= 4 is 33.5 Å². The first kappa shape index (κ1) is 33.2. The maximum atomic E-state index is 17.1. The predicted molar refractivity (Wildman–Crippen MR) is 186 cm³/mol. The van der Waals surface area contributed by atoms with Crippen molar-refractivity contribution in [3.05, 3.63) is 65.1 Å². The van der Waals surface area contributed by atoms with Crippen molar-refractivity contribution in [1.29, 1.82) is 0 Å². The fourth-order valence-electron chi connectivity index (χ4n) is 8.19. The largest absolute Gasteiger partial charge is 0.508 e. The number of aromatic hydroxyl groups is 1. The molecule has 3 aliphatic heterocycles. The number of ether oxygens (including phenoxy) is 1. The van der Waals surface area contributed by atoms with Crippen molar-refractivity contribution in [2.75, 3.05) is 45.2 Å². The number of nitrogens with zero attached hydrogens (tertiary/aromatic N) is 8. The molecule has 0 aliphatic carbocycles. The van der Waals surface area contributed by atoms with Gasteiger partial charge in [-0.05, 0) is 73.2 Å². The molecule has 51 heavy (non-hydrogen) atoms. The van der Waals surface area contributed by atoms with Crippen LogP contribution >= 0.6 is 0 Å². The molecule has 6 heterocycles. The summed E-state index contributed by atoms with van der Waals surface area (Å²) >= 11 is 0. The average molecular weight is 701 g/mol. The first-order valence-electron chi connectivity index (χ1n) is 17.4. The van der Waals surface area contributed by atoms with Gasteiger partial charge < -0.3 is 19.6 Å². The number of halogens is 3. The molecule has 0 saturated carbocycles. The van der Waals surface area contributed by atoms with Crippen LogP contribution in [0, 0.1) is 11.6 Å². The highest BCUT2D eigenvalue weighted by Crippen LogP contribution is 2.42. The fourth-order valence-corrected chi connectivity index (χ4v) is 8.19. The second-order valence-electron chi connectivity index (χ2n) is 14.1. The number of amides is 1. The van der Waals surface area contributed by atoms with Gasteiger partial charge in [0.1, 0.15) is 41.4 Å². The Bertz CT molecular complexity index is 2190. The van der Waals surface area contributed by atoms with E-state index < -0.39 is 23.3 Å². The summed E-state index contributed by atoms with van der Waals surface area (Å²) < 4.78 is 54.3. The summed E-state index contributed by atoms with van der Waals surface area (Å²) in [5.74, 6) is -0.928. The van der Waals surface area contributed by atoms with E-state index in [1.165, 1.54) is 34.0 Å². The van der Waals surface area contributed by atoms with E-state index in [2.05, 4.69) is 20.0 Å². The van der Waals surface area contributed by atoms with E-state index in [1.807, 2.05) is 11.8 Å². The van der Waals surface area contributed by atoms with Crippen LogP contribution in [0.1, 0.15) is 49.4 Å². The number of anilines is 1. The standard InChI is InChI=1S/C37H39F3N8O3/c1-4-25-28(39)9-8-21-13-24(49)14-26(30(21)25)32-31(40)33-27(16-41-32)34(43-35(42-33)51-20-37-10-6-12-47(37)19-23(38)15-37)46-11-5-7-29-22(17-46)18-48(44-29)36(50)45(2)3/h8-9,13-14,16,18,23,49H,4-7,10-12,15,17,19-20H2,1-3H3/t23-,37?/m1/s1. The molecule has 0 spiro atoms. The molecule has 14 heteroatoms. The third-order valence-corrected chi connectivity index (χ3v) is 10.6. The van der Waals surface area contributed by atoms with Crippen molar-refractivity contribution in [3.63, 3.8) is 0 Å². The first-order chi connectivity index (χ1) is 24.5. The lowest BCUT2D eigenvalue weighted by Crippen LogP contribution is -2.43. The van der Waals surface area contributed by atoms with E-state index in [9.17, 15) is 14.3 Å². The maximum Gasteiger partial charge on any atom is 0.344 e. The molecule has 266 valence electrons. The molecule has 2 fully saturated rings. The Morgan fingerprint density at radius 3 is 2.80 bits per heavy atom. The minimum absolute atomic E-state index is 0.0514. The number of benzene rings is 2. The van der Waals surface area contributed by atoms with Gasteiger partial charge in [-0.15, -0.1) is 0 Å². The Morgan fingerprint density at radius 2 is 2.00 bits per heavy atom. The quantitative estimate of drug-likeness (QED) is 0.227. The van der Waals surface area contributed by atoms with Gasteiger partial charge in [-0.3, -0.25) is 9.88 Å². The van der Waals surface area contributed by atoms with Crippen LogP contribution in [0.3, 0.4) is 0 Å². The maximum absolute atomic E-state index is 17.1. The Labute approximate surface area is 292 Å². The number of aryl methyl sites for hydroxylation is 2. The molecule has 8 rings (SSSR count). The van der Waals surface area contributed by atoms with Gasteiger partial charge in [0, 0.05) is 63.7 Å². The van der Waals surface area contributed by atoms with Crippen LogP contribution in [-0.4, -0.2) is 97.7 Å². The molecular formula is C37H39F3N8O3. The molecule has 2 aromatic carbocycles. The van der Waals surface area contributed by atoms with Crippen molar-refractivity contribution < 1.29 is 27.8 Å². The number of alkyl halides is 1. The van der Waals surface area contributed by atoms with Crippen LogP contribution in [-0.2, 0) is 19.4 Å². The SMILES string of the molecule is CCc1c(F)ccc2cc(O)cc(-c3ncc4c(N5CCCc6nn(C(=O)N(C)C)cc6C5)nc(OCC56CCCN5C[C@H](F)C6)nc4c3F)c12. The number of carbonyl (C=O) groups excluding carboxylic acids is 1. The Morgan fingerprint density at radius 1 is 1.16 bits per heavy atom. The van der Waals surface area contributed by atoms with Gasteiger partial charge >= 0.3 is 12.0 Å². The molecule has 3 aromatic heterocycles. The molecule has 1 amide bonds. The van der Waals surface area contributed by atoms with Crippen LogP contribution in [0.2, 0.25) is 0 Å². The summed E-state index contributed by atoms with van der Waals surface area (Å²) in [7, 11) is 3.32. The van der Waals surface area contributed by atoms with Crippen LogP contribution in [0.5, 0.6) is 11.8 Å². The van der Waals surface area contributed by atoms with Crippen LogP contribution in [0.25, 0.3) is 32.9 Å². The van der Waals surface area contributed by atoms with Gasteiger partial charge in [-0.1, -0.05) is 13.0 Å². The van der Waals surface area contributed by atoms with Gasteiger partial charge in [0.2, 0.25) is 0 Å². The van der Waals surface area contributed by atoms with Crippen LogP contribution in [0.15, 0.2) is 36.7 Å². The minimum atomic E-state index is -0.949. The predicted octanol–water partition coefficient (Wildman–Crippen LogP) is 6.03. The smallest absolute Gasteiger partial charge is 0.344 e. The minimum Gasteiger partial charge on any atom is -0.508 e. The number of phenolic OH excluding ortho intramolecular Hbond substituents is 1. The molecule has 1 unspecified atom stereocenters. The second kappa shape index (κ2) is 12.7. The molecule has 1 N–H and O–H groups in total. The summed E-state index contributed by atoms with van der Waals surface area (Å²) in [6, 6.07) is 5.47. The summed E-state index contributed by atoms with van der Waals surface area (Å²) in [5.41, 5.74) is 1.62. The topological polar surface area (TPSA) is 113 Å². The van der Waals surface area contributed by atoms with E-state index in [0.717, 1.165) is 30.6 Å². The monoisotopic (exact) mass is 700 g/mol. The van der Waals surface area contributed by atoms with Crippen LogP contribution in [0.4, 0.5) is 23.8 Å². The van der Waals surface area contributed by atoms with E-state index in [0.29, 0.717) is 72.9 Å². The van der Waals surface area contributed by atoms with E-state index in [1.54, 1.807) is 26.4 Å². The number of hydrogen-bond donors (Lipinski definition) is 1. The lowest BCUT2D eigenvalue weighted by Gasteiger charge is -2.31. The van der Waals surface area contributed by atoms with Gasteiger partial charge in [0.15, 0.2) is 5.82 Å². The van der Waals surface area contributed by atoms with Gasteiger partial charge in [0.25, 0.3) is 0 Å². The zero-order valence-electron chi connectivity index (χ0n) is 28.8. The van der Waals surface area contributed by atoms with E-state index in [-0.39, 0.29) is 41.2 Å². The number of pyridine rings is 1. The second-order valence-corrected chi connectivity index (χ2v) is 14.1. The highest BCUT2D eigenvalue weighted by Gasteiger charge is 2.49. The fraction of sp³-hybridized carbons (Fsp3) is 0.432. The zero-order chi connectivity index (χ0) is 35.6. The van der Waals surface area contributed by atoms with Gasteiger partial charge in [0.05, 0.1) is 16.6 Å². The number of aromatic nitrogens is 5. The number of carbonyl (C=O) groups is 1. The third kappa shape index (κ3) is 5.69. The number of rotatable bonds is 6. The Hall–Kier alpha value is -4.98. The highest BCUT2D eigenvalue weighted by molar-refractivity contribution is 6.01. The normalized spacial score (nSPS) is 20.5. The third-order valence-electron chi connectivity index (χ3n) is 10.6. The lowest BCUT2D eigenvalue weighted by atomic mass is 9.94. The number of phenols is 1. The molecule has 5 aromatic rings. The summed E-state index contributed by atoms with van der Waals surface area (Å²) in [6.45, 7) is 3.99. The summed E-state index contributed by atoms with van der Waals surface area (Å²) in [5, 5.41) is 16.5. The molecule has 3 aliphatic rings. The molecule has 11 nitrogen and oxygen atoms in total. The van der Waals surface area contributed by atoms with Gasteiger partial charge in [-0.2, -0.15) is 19.7 Å². The zero-order valence-corrected chi connectivity index (χ0v) is 28.8. The number of fused-ring (bicyclic) bond motifs is 4. The first-order valence-corrected chi connectivity index (χ1v) is 17.4. The van der Waals surface area contributed by atoms with Crippen LogP contribution < -0.4 is 9.64 Å². The molecule has 0 bridgehead atoms. The Kier molecular flexibility index (Phi) is 8.23. The summed E-state index contributed by atoms with van der Waals surface area (Å²) in [4.78, 5) is 32.3. The van der Waals surface area contributed by atoms with E-state index in [4.69, 9.17) is 9.72 Å². The Balaban J connectivity index is 1.26. The van der Waals surface area contributed by atoms with Crippen molar-refractivity contribution in [2.24, 2.45) is 0 Å². The van der Waals surface area contributed by atoms with Crippen molar-refractivity contribution in [3.8, 4) is 23.0 Å². The highest BCUT2D eigenvalue weighted by atomic mass is 19.1. The van der Waals surface area contributed by atoms with Crippen molar-refractivity contribution in [1.82, 2.24) is 34.5 Å². The lowest BCUT2D eigenvalue weighted by molar-refractivity contribution is 0.107. The summed E-state index contributed by atoms with van der Waals surface area (Å²) in [6.07, 6.45) is 5.98. The average Bonchev–Trinajstić information content (AvgIpc) is 3.73. The molecule has 2 saturated heterocycles. The molecular weight excluding hydrogens is 661 g/mol. The van der Waals surface area contributed by atoms with Crippen molar-refractivity contribution in [2.45, 2.75) is 63.7 Å². The molecule has 0 radical (unpaired) electrons. The van der Waals surface area contributed by atoms with E-state index >= 15 is 8.78 Å². The number of hydrogen-bond acceptors (Lipinski definition) is 9. The van der Waals surface area contributed by atoms with Gasteiger partial charge in [-0.25, -0.2) is 18.0 Å².